The van der Waals surface area contributed by atoms with Crippen LogP contribution in [0.5, 0.6) is 0 Å². The fourth-order valence-corrected chi connectivity index (χ4v) is 1.79. The van der Waals surface area contributed by atoms with Gasteiger partial charge in [0.25, 0.3) is 0 Å². The number of nitrogens with zero attached hydrogens (tertiary/aromatic N) is 1. The largest absolute Gasteiger partial charge is 0.316 e. The maximum Gasteiger partial charge on any atom is 0.0412 e. The Hall–Kier alpha value is -0.410. The summed E-state index contributed by atoms with van der Waals surface area (Å²) in [5.41, 5.74) is 1.37. The number of pyridine rings is 1. The molecule has 0 radical (unpaired) electrons. The monoisotopic (exact) mass is 226 g/mol. The van der Waals surface area contributed by atoms with Gasteiger partial charge in [0.05, 0.1) is 0 Å². The lowest BCUT2D eigenvalue weighted by molar-refractivity contribution is 0.346. The van der Waals surface area contributed by atoms with E-state index >= 15 is 0 Å². The molecule has 1 aromatic heterocycles. The molecule has 0 aromatic carbocycles. The Labute approximate surface area is 80.5 Å². The number of aromatic nitrogens is 1. The van der Waals surface area contributed by atoms with E-state index in [2.05, 4.69) is 32.3 Å². The second-order valence-corrected chi connectivity index (χ2v) is 4.05. The van der Waals surface area contributed by atoms with Gasteiger partial charge in [-0.05, 0) is 53.0 Å². The van der Waals surface area contributed by atoms with E-state index in [-0.39, 0.29) is 0 Å². The van der Waals surface area contributed by atoms with Crippen molar-refractivity contribution in [1.82, 2.24) is 10.3 Å². The Bertz CT molecular complexity index is 271. The molecule has 2 heterocycles. The molecule has 0 atom stereocenters. The van der Waals surface area contributed by atoms with Crippen molar-refractivity contribution >= 4 is 15.9 Å². The highest BCUT2D eigenvalue weighted by Crippen LogP contribution is 2.19. The number of nitrogens with one attached hydrogen (secondary N) is 1. The molecule has 0 saturated carbocycles. The topological polar surface area (TPSA) is 24.9 Å². The van der Waals surface area contributed by atoms with Crippen LogP contribution in [0, 0.1) is 5.92 Å². The second kappa shape index (κ2) is 3.54. The number of rotatable bonds is 2. The van der Waals surface area contributed by atoms with Crippen molar-refractivity contribution in [3.63, 3.8) is 0 Å². The van der Waals surface area contributed by atoms with Crippen molar-refractivity contribution in [1.29, 1.82) is 0 Å². The first kappa shape index (κ1) is 8.20. The lowest BCUT2D eigenvalue weighted by Gasteiger charge is -2.27. The van der Waals surface area contributed by atoms with Crippen LogP contribution in [0.25, 0.3) is 0 Å². The molecule has 1 aliphatic heterocycles. The lowest BCUT2D eigenvalue weighted by Crippen LogP contribution is -2.43. The normalized spacial score (nSPS) is 17.4. The summed E-state index contributed by atoms with van der Waals surface area (Å²) < 4.78 is 1.14. The van der Waals surface area contributed by atoms with Gasteiger partial charge in [-0.15, -0.1) is 0 Å². The smallest absolute Gasteiger partial charge is 0.0412 e. The van der Waals surface area contributed by atoms with E-state index < -0.39 is 0 Å². The molecular weight excluding hydrogens is 216 g/mol. The van der Waals surface area contributed by atoms with E-state index in [1.165, 1.54) is 5.56 Å². The van der Waals surface area contributed by atoms with Crippen LogP contribution in [0.3, 0.4) is 0 Å². The summed E-state index contributed by atoms with van der Waals surface area (Å²) in [6.07, 6.45) is 4.88. The molecular formula is C9H11BrN2. The Balaban J connectivity index is 2.06. The molecule has 3 heteroatoms. The highest BCUT2D eigenvalue weighted by Gasteiger charge is 2.17. The summed E-state index contributed by atoms with van der Waals surface area (Å²) in [5.74, 6) is 0.823. The van der Waals surface area contributed by atoms with Crippen molar-refractivity contribution < 1.29 is 0 Å². The molecule has 2 nitrogen and oxygen atoms in total. The molecule has 0 aliphatic carbocycles. The Kier molecular flexibility index (Phi) is 2.42. The zero-order valence-electron chi connectivity index (χ0n) is 6.76. The molecule has 0 spiro atoms. The van der Waals surface area contributed by atoms with Crippen LogP contribution in [0.2, 0.25) is 0 Å². The SMILES string of the molecule is Brc1cnccc1CC1CNC1. The first-order valence-corrected chi connectivity index (χ1v) is 4.94. The highest BCUT2D eigenvalue weighted by molar-refractivity contribution is 9.10. The van der Waals surface area contributed by atoms with Crippen LogP contribution in [-0.4, -0.2) is 18.1 Å². The van der Waals surface area contributed by atoms with Gasteiger partial charge in [-0.1, -0.05) is 0 Å². The minimum Gasteiger partial charge on any atom is -0.316 e. The maximum absolute atomic E-state index is 4.03. The van der Waals surface area contributed by atoms with Gasteiger partial charge in [0, 0.05) is 16.9 Å². The predicted octanol–water partition coefficient (Wildman–Crippen LogP) is 1.61. The first-order valence-electron chi connectivity index (χ1n) is 4.15. The molecule has 1 N–H and O–H groups in total. The predicted molar refractivity (Wildman–Crippen MR) is 52.0 cm³/mol. The average molecular weight is 227 g/mol. The van der Waals surface area contributed by atoms with Gasteiger partial charge in [0.2, 0.25) is 0 Å². The molecule has 0 unspecified atom stereocenters. The van der Waals surface area contributed by atoms with Crippen LogP contribution in [0.4, 0.5) is 0 Å². The maximum atomic E-state index is 4.03. The third kappa shape index (κ3) is 1.67. The lowest BCUT2D eigenvalue weighted by atomic mass is 9.95. The Morgan fingerprint density at radius 3 is 3.00 bits per heavy atom. The van der Waals surface area contributed by atoms with Gasteiger partial charge in [0.15, 0.2) is 0 Å². The van der Waals surface area contributed by atoms with Crippen LogP contribution in [0.1, 0.15) is 5.56 Å². The Morgan fingerprint density at radius 1 is 1.58 bits per heavy atom. The van der Waals surface area contributed by atoms with E-state index in [1.807, 2.05) is 12.4 Å². The van der Waals surface area contributed by atoms with Crippen molar-refractivity contribution in [3.8, 4) is 0 Å². The average Bonchev–Trinajstić information content (AvgIpc) is 2.00. The zero-order valence-corrected chi connectivity index (χ0v) is 8.34. The fraction of sp³-hybridized carbons (Fsp3) is 0.444. The van der Waals surface area contributed by atoms with Gasteiger partial charge < -0.3 is 5.32 Å². The molecule has 1 aromatic rings. The van der Waals surface area contributed by atoms with Gasteiger partial charge in [-0.2, -0.15) is 0 Å². The standard InChI is InChI=1S/C9H11BrN2/c10-9-6-11-2-1-8(9)3-7-4-12-5-7/h1-2,6-7,12H,3-5H2. The fourth-order valence-electron chi connectivity index (χ4n) is 1.37. The highest BCUT2D eigenvalue weighted by atomic mass is 79.9. The van der Waals surface area contributed by atoms with Crippen LogP contribution < -0.4 is 5.32 Å². The van der Waals surface area contributed by atoms with Gasteiger partial charge in [0.1, 0.15) is 0 Å². The number of halogens is 1. The summed E-state index contributed by atoms with van der Waals surface area (Å²) in [6, 6.07) is 2.09. The summed E-state index contributed by atoms with van der Waals surface area (Å²) in [6.45, 7) is 2.32. The van der Waals surface area contributed by atoms with Crippen molar-refractivity contribution in [3.05, 3.63) is 28.5 Å². The minimum absolute atomic E-state index is 0.823. The van der Waals surface area contributed by atoms with E-state index in [9.17, 15) is 0 Å². The summed E-state index contributed by atoms with van der Waals surface area (Å²) >= 11 is 3.50. The second-order valence-electron chi connectivity index (χ2n) is 3.20. The van der Waals surface area contributed by atoms with Crippen LogP contribution in [0.15, 0.2) is 22.9 Å². The third-order valence-electron chi connectivity index (χ3n) is 2.23. The van der Waals surface area contributed by atoms with E-state index in [4.69, 9.17) is 0 Å². The van der Waals surface area contributed by atoms with Gasteiger partial charge in [-0.25, -0.2) is 0 Å². The zero-order chi connectivity index (χ0) is 8.39. The third-order valence-corrected chi connectivity index (χ3v) is 2.95. The summed E-state index contributed by atoms with van der Waals surface area (Å²) in [7, 11) is 0. The van der Waals surface area contributed by atoms with Crippen molar-refractivity contribution in [2.45, 2.75) is 6.42 Å². The number of hydrogen-bond acceptors (Lipinski definition) is 2. The molecule has 1 saturated heterocycles. The van der Waals surface area contributed by atoms with E-state index in [1.54, 1.807) is 0 Å². The van der Waals surface area contributed by atoms with Gasteiger partial charge in [-0.3, -0.25) is 4.98 Å². The molecule has 0 bridgehead atoms. The van der Waals surface area contributed by atoms with Crippen LogP contribution >= 0.6 is 15.9 Å². The molecule has 1 aliphatic rings. The molecule has 12 heavy (non-hydrogen) atoms. The summed E-state index contributed by atoms with van der Waals surface area (Å²) in [5, 5.41) is 3.27. The minimum atomic E-state index is 0.823. The molecule has 0 amide bonds. The summed E-state index contributed by atoms with van der Waals surface area (Å²) in [4.78, 5) is 4.03. The van der Waals surface area contributed by atoms with Crippen molar-refractivity contribution in [2.75, 3.05) is 13.1 Å². The van der Waals surface area contributed by atoms with Crippen LogP contribution in [-0.2, 0) is 6.42 Å². The number of hydrogen-bond donors (Lipinski definition) is 1. The quantitative estimate of drug-likeness (QED) is 0.830. The van der Waals surface area contributed by atoms with E-state index in [0.29, 0.717) is 0 Å². The molecule has 64 valence electrons. The van der Waals surface area contributed by atoms with Crippen molar-refractivity contribution in [2.24, 2.45) is 5.92 Å². The van der Waals surface area contributed by atoms with Gasteiger partial charge >= 0.3 is 0 Å². The molecule has 2 rings (SSSR count). The first-order chi connectivity index (χ1) is 5.86. The molecule has 1 fully saturated rings. The van der Waals surface area contributed by atoms with E-state index in [0.717, 1.165) is 29.9 Å². The Morgan fingerprint density at radius 2 is 2.42 bits per heavy atom.